The Morgan fingerprint density at radius 1 is 0.976 bits per heavy atom. The van der Waals surface area contributed by atoms with Crippen molar-refractivity contribution in [1.29, 1.82) is 0 Å². The fourth-order valence-corrected chi connectivity index (χ4v) is 4.73. The number of anilines is 5. The van der Waals surface area contributed by atoms with Crippen LogP contribution in [0.15, 0.2) is 55.0 Å². The van der Waals surface area contributed by atoms with E-state index in [-0.39, 0.29) is 5.56 Å². The van der Waals surface area contributed by atoms with Crippen LogP contribution in [0.25, 0.3) is 11.3 Å². The van der Waals surface area contributed by atoms with E-state index >= 15 is 0 Å². The highest BCUT2D eigenvalue weighted by Crippen LogP contribution is 2.34. The zero-order valence-electron chi connectivity index (χ0n) is 23.8. The Balaban J connectivity index is 1.40. The highest BCUT2D eigenvalue weighted by Gasteiger charge is 2.32. The van der Waals surface area contributed by atoms with Gasteiger partial charge >= 0.3 is 6.18 Å². The molecule has 2 aromatic heterocycles. The van der Waals surface area contributed by atoms with Crippen molar-refractivity contribution in [2.24, 2.45) is 7.05 Å². The third-order valence-corrected chi connectivity index (χ3v) is 7.15. The van der Waals surface area contributed by atoms with Gasteiger partial charge in [-0.05, 0) is 49.9 Å². The van der Waals surface area contributed by atoms with E-state index in [1.54, 1.807) is 37.0 Å². The van der Waals surface area contributed by atoms with Crippen LogP contribution in [0.2, 0.25) is 0 Å². The molecule has 1 aliphatic rings. The van der Waals surface area contributed by atoms with Gasteiger partial charge in [-0.25, -0.2) is 9.97 Å². The molecule has 0 spiro atoms. The molecule has 13 heteroatoms. The number of benzene rings is 2. The Morgan fingerprint density at radius 2 is 1.74 bits per heavy atom. The minimum Gasteiger partial charge on any atom is -0.373 e. The van der Waals surface area contributed by atoms with Gasteiger partial charge < -0.3 is 25.8 Å². The minimum atomic E-state index is -4.59. The summed E-state index contributed by atoms with van der Waals surface area (Å²) in [5.74, 6) is 0.561. The molecule has 220 valence electrons. The molecule has 0 atom stereocenters. The van der Waals surface area contributed by atoms with Gasteiger partial charge in [0.15, 0.2) is 5.82 Å². The van der Waals surface area contributed by atoms with Gasteiger partial charge in [-0.15, -0.1) is 0 Å². The lowest BCUT2D eigenvalue weighted by Gasteiger charge is -2.34. The predicted octanol–water partition coefficient (Wildman–Crippen LogP) is 4.99. The lowest BCUT2D eigenvalue weighted by atomic mass is 10.1. The van der Waals surface area contributed by atoms with Gasteiger partial charge in [0.2, 0.25) is 0 Å². The SMILES string of the molecule is CNc1cc(-c2cn(C)nc2Nc2cc(NC(=O)c3cc(N4CCN(C)CC4)cc(C(F)(F)F)c3)ccc2C)ncn1. The summed E-state index contributed by atoms with van der Waals surface area (Å²) in [5, 5.41) is 13.6. The first kappa shape index (κ1) is 28.9. The number of carbonyl (C=O) groups excluding carboxylic acids is 1. The van der Waals surface area contributed by atoms with Gasteiger partial charge in [0.05, 0.1) is 16.8 Å². The van der Waals surface area contributed by atoms with Crippen LogP contribution in [-0.4, -0.2) is 70.8 Å². The molecule has 1 saturated heterocycles. The van der Waals surface area contributed by atoms with Crippen molar-refractivity contribution in [3.63, 3.8) is 0 Å². The van der Waals surface area contributed by atoms with Crippen molar-refractivity contribution < 1.29 is 18.0 Å². The second kappa shape index (κ2) is 11.7. The number of hydrogen-bond acceptors (Lipinski definition) is 8. The standard InChI is InChI=1S/C29H32F3N9O/c1-18-5-6-21(14-24(18)37-27-23(16-40(4)38-27)25-15-26(33-2)35-17-34-25)36-28(42)19-11-20(29(30,31)32)13-22(12-19)41-9-7-39(3)8-10-41/h5-6,11-17H,7-10H2,1-4H3,(H,36,42)(H,37,38)(H,33,34,35). The summed E-state index contributed by atoms with van der Waals surface area (Å²) in [6.07, 6.45) is -1.30. The topological polar surface area (TPSA) is 103 Å². The maximum atomic E-state index is 13.8. The average molecular weight is 580 g/mol. The van der Waals surface area contributed by atoms with Gasteiger partial charge in [-0.2, -0.15) is 18.3 Å². The molecule has 10 nitrogen and oxygen atoms in total. The molecular weight excluding hydrogens is 547 g/mol. The number of aromatic nitrogens is 4. The zero-order chi connectivity index (χ0) is 30.0. The van der Waals surface area contributed by atoms with Gasteiger partial charge in [-0.1, -0.05) is 6.07 Å². The molecule has 1 amide bonds. The Morgan fingerprint density at radius 3 is 2.45 bits per heavy atom. The summed E-state index contributed by atoms with van der Waals surface area (Å²) in [6.45, 7) is 4.50. The summed E-state index contributed by atoms with van der Waals surface area (Å²) in [7, 11) is 5.53. The fourth-order valence-electron chi connectivity index (χ4n) is 4.73. The molecule has 0 aliphatic carbocycles. The molecule has 0 bridgehead atoms. The normalized spacial score (nSPS) is 14.1. The smallest absolute Gasteiger partial charge is 0.373 e. The van der Waals surface area contributed by atoms with Crippen LogP contribution in [0.1, 0.15) is 21.5 Å². The molecule has 5 rings (SSSR count). The molecule has 0 unspecified atom stereocenters. The quantitative estimate of drug-likeness (QED) is 0.281. The molecule has 2 aromatic carbocycles. The number of halogens is 3. The molecule has 1 aliphatic heterocycles. The minimum absolute atomic E-state index is 0.0649. The lowest BCUT2D eigenvalue weighted by Crippen LogP contribution is -2.44. The van der Waals surface area contributed by atoms with E-state index in [9.17, 15) is 18.0 Å². The summed E-state index contributed by atoms with van der Waals surface area (Å²) in [6, 6.07) is 10.6. The molecular formula is C29H32F3N9O. The number of aryl methyl sites for hydroxylation is 2. The van der Waals surface area contributed by atoms with Gasteiger partial charge in [0.1, 0.15) is 12.1 Å². The first-order chi connectivity index (χ1) is 20.0. The monoisotopic (exact) mass is 579 g/mol. The molecule has 3 N–H and O–H groups in total. The number of carbonyl (C=O) groups is 1. The predicted molar refractivity (Wildman–Crippen MR) is 157 cm³/mol. The van der Waals surface area contributed by atoms with Crippen molar-refractivity contribution in [1.82, 2.24) is 24.6 Å². The first-order valence-corrected chi connectivity index (χ1v) is 13.4. The molecule has 42 heavy (non-hydrogen) atoms. The number of nitrogens with one attached hydrogen (secondary N) is 3. The Kier molecular flexibility index (Phi) is 8.03. The number of amides is 1. The van der Waals surface area contributed by atoms with E-state index in [1.165, 1.54) is 12.4 Å². The van der Waals surface area contributed by atoms with Gasteiger partial charge in [0.25, 0.3) is 5.91 Å². The van der Waals surface area contributed by atoms with Crippen LogP contribution >= 0.6 is 0 Å². The van der Waals surface area contributed by atoms with Crippen LogP contribution in [0.4, 0.5) is 41.9 Å². The average Bonchev–Trinajstić information content (AvgIpc) is 3.34. The van der Waals surface area contributed by atoms with Crippen molar-refractivity contribution in [3.8, 4) is 11.3 Å². The summed E-state index contributed by atoms with van der Waals surface area (Å²) >= 11 is 0. The van der Waals surface area contributed by atoms with E-state index in [4.69, 9.17) is 0 Å². The molecule has 4 aromatic rings. The van der Waals surface area contributed by atoms with Crippen molar-refractivity contribution in [3.05, 3.63) is 71.7 Å². The number of nitrogens with zero attached hydrogens (tertiary/aromatic N) is 6. The van der Waals surface area contributed by atoms with Gasteiger partial charge in [0, 0.05) is 75.2 Å². The molecule has 1 fully saturated rings. The third-order valence-electron chi connectivity index (χ3n) is 7.15. The lowest BCUT2D eigenvalue weighted by molar-refractivity contribution is -0.137. The Labute approximate surface area is 241 Å². The summed E-state index contributed by atoms with van der Waals surface area (Å²) in [4.78, 5) is 25.8. The maximum Gasteiger partial charge on any atom is 0.416 e. The second-order valence-electron chi connectivity index (χ2n) is 10.3. The van der Waals surface area contributed by atoms with Crippen LogP contribution in [0.5, 0.6) is 0 Å². The van der Waals surface area contributed by atoms with E-state index in [1.807, 2.05) is 31.1 Å². The Bertz CT molecular complexity index is 1590. The first-order valence-electron chi connectivity index (χ1n) is 13.4. The van der Waals surface area contributed by atoms with E-state index < -0.39 is 17.6 Å². The van der Waals surface area contributed by atoms with Crippen LogP contribution in [-0.2, 0) is 13.2 Å². The number of piperazine rings is 1. The second-order valence-corrected chi connectivity index (χ2v) is 10.3. The maximum absolute atomic E-state index is 13.8. The van der Waals surface area contributed by atoms with Crippen LogP contribution < -0.4 is 20.9 Å². The van der Waals surface area contributed by atoms with Gasteiger partial charge in [-0.3, -0.25) is 9.48 Å². The summed E-state index contributed by atoms with van der Waals surface area (Å²) < 4.78 is 43.0. The number of alkyl halides is 3. The largest absolute Gasteiger partial charge is 0.416 e. The van der Waals surface area contributed by atoms with E-state index in [0.717, 1.165) is 36.3 Å². The summed E-state index contributed by atoms with van der Waals surface area (Å²) in [5.41, 5.74) is 2.82. The number of hydrogen-bond donors (Lipinski definition) is 3. The third kappa shape index (κ3) is 6.46. The van der Waals surface area contributed by atoms with E-state index in [0.29, 0.717) is 47.5 Å². The van der Waals surface area contributed by atoms with Crippen molar-refractivity contribution in [2.45, 2.75) is 13.1 Å². The van der Waals surface area contributed by atoms with Crippen molar-refractivity contribution in [2.75, 3.05) is 61.1 Å². The number of rotatable bonds is 7. The van der Waals surface area contributed by atoms with Crippen LogP contribution in [0.3, 0.4) is 0 Å². The highest BCUT2D eigenvalue weighted by molar-refractivity contribution is 6.05. The number of likely N-dealkylation sites (N-methyl/N-ethyl adjacent to an activating group) is 1. The van der Waals surface area contributed by atoms with E-state index in [2.05, 4.69) is 35.9 Å². The fraction of sp³-hybridized carbons (Fsp3) is 0.310. The van der Waals surface area contributed by atoms with Crippen LogP contribution in [0, 0.1) is 6.92 Å². The molecule has 0 saturated carbocycles. The van der Waals surface area contributed by atoms with Crippen molar-refractivity contribution >= 4 is 34.6 Å². The zero-order valence-corrected chi connectivity index (χ0v) is 23.8. The molecule has 3 heterocycles. The highest BCUT2D eigenvalue weighted by atomic mass is 19.4. The molecule has 0 radical (unpaired) electrons. The Hall–Kier alpha value is -4.65.